The molecule has 0 N–H and O–H groups in total. The van der Waals surface area contributed by atoms with Crippen LogP contribution in [-0.2, 0) is 10.9 Å². The Hall–Kier alpha value is -2.79. The normalized spacial score (nSPS) is 11.1. The van der Waals surface area contributed by atoms with Gasteiger partial charge >= 0.3 is 17.8 Å². The third-order valence-electron chi connectivity index (χ3n) is 3.34. The number of nitrogens with zero attached hydrogens (tertiary/aromatic N) is 2. The summed E-state index contributed by atoms with van der Waals surface area (Å²) in [7, 11) is 1.10. The van der Waals surface area contributed by atoms with Crippen molar-refractivity contribution in [2.75, 3.05) is 13.7 Å². The Balaban J connectivity index is 2.58. The summed E-state index contributed by atoms with van der Waals surface area (Å²) in [5, 5.41) is 10.3. The van der Waals surface area contributed by atoms with Crippen LogP contribution < -0.4 is 9.47 Å². The maximum atomic E-state index is 12.8. The highest BCUT2D eigenvalue weighted by Crippen LogP contribution is 2.42. The molecule has 0 bridgehead atoms. The van der Waals surface area contributed by atoms with Crippen molar-refractivity contribution in [3.63, 3.8) is 0 Å². The molecule has 0 saturated heterocycles. The number of ether oxygens (including phenoxy) is 3. The lowest BCUT2D eigenvalue weighted by Gasteiger charge is -2.14. The van der Waals surface area contributed by atoms with Gasteiger partial charge in [0.2, 0.25) is 17.3 Å². The molecule has 2 aromatic rings. The predicted octanol–water partition coefficient (Wildman–Crippen LogP) is 5.29. The first kappa shape index (κ1) is 22.5. The molecule has 29 heavy (non-hydrogen) atoms. The van der Waals surface area contributed by atoms with Crippen LogP contribution in [0, 0.1) is 10.1 Å². The van der Waals surface area contributed by atoms with Crippen LogP contribution in [0.4, 0.5) is 18.9 Å². The number of benzene rings is 1. The van der Waals surface area contributed by atoms with Crippen molar-refractivity contribution in [2.24, 2.45) is 0 Å². The van der Waals surface area contributed by atoms with Crippen molar-refractivity contribution in [3.05, 3.63) is 49.6 Å². The lowest BCUT2D eigenvalue weighted by Crippen LogP contribution is -2.12. The number of methoxy groups -OCH3 is 1. The van der Waals surface area contributed by atoms with Gasteiger partial charge in [-0.15, -0.1) is 0 Å². The number of hydrogen-bond acceptors (Lipinski definition) is 7. The van der Waals surface area contributed by atoms with Crippen LogP contribution in [0.5, 0.6) is 17.4 Å². The average molecular weight is 455 g/mol. The van der Waals surface area contributed by atoms with E-state index < -0.39 is 61.4 Å². The summed E-state index contributed by atoms with van der Waals surface area (Å²) in [6.45, 7) is 1.38. The molecule has 0 saturated carbocycles. The minimum absolute atomic E-state index is 0.0956. The van der Waals surface area contributed by atoms with Crippen LogP contribution in [0.15, 0.2) is 18.2 Å². The average Bonchev–Trinajstić information content (AvgIpc) is 2.62. The number of esters is 1. The fourth-order valence-electron chi connectivity index (χ4n) is 2.14. The van der Waals surface area contributed by atoms with Crippen molar-refractivity contribution in [1.29, 1.82) is 0 Å². The summed E-state index contributed by atoms with van der Waals surface area (Å²) in [5.74, 6) is -2.38. The zero-order valence-corrected chi connectivity index (χ0v) is 16.2. The van der Waals surface area contributed by atoms with E-state index in [-0.39, 0.29) is 6.61 Å². The smallest absolute Gasteiger partial charge is 0.416 e. The molecule has 0 radical (unpaired) electrons. The van der Waals surface area contributed by atoms with Crippen molar-refractivity contribution in [3.8, 4) is 17.4 Å². The van der Waals surface area contributed by atoms with Gasteiger partial charge in [-0.1, -0.05) is 23.2 Å². The lowest BCUT2D eigenvalue weighted by molar-refractivity contribution is -0.386. The van der Waals surface area contributed by atoms with Gasteiger partial charge in [-0.25, -0.2) is 4.79 Å². The quantitative estimate of drug-likeness (QED) is 0.331. The van der Waals surface area contributed by atoms with Gasteiger partial charge in [0.25, 0.3) is 0 Å². The summed E-state index contributed by atoms with van der Waals surface area (Å²) in [6, 6.07) is 2.11. The summed E-state index contributed by atoms with van der Waals surface area (Å²) < 4.78 is 53.4. The molecular formula is C16H11Cl2F3N2O6. The summed E-state index contributed by atoms with van der Waals surface area (Å²) in [6.07, 6.45) is -4.70. The maximum Gasteiger partial charge on any atom is 0.416 e. The standard InChI is InChI=1S/C16H11Cl2F3N2O6/c1-3-28-15(24)12-13(23(25)26)10(27-2)6-11(22-12)29-14-8(17)4-7(5-9(14)18)16(19,20)21/h4-6H,3H2,1-2H3. The first-order valence-corrected chi connectivity index (χ1v) is 8.39. The predicted molar refractivity (Wildman–Crippen MR) is 94.9 cm³/mol. The van der Waals surface area contributed by atoms with Gasteiger partial charge < -0.3 is 14.2 Å². The second-order valence-electron chi connectivity index (χ2n) is 5.21. The molecule has 0 fully saturated rings. The molecule has 0 aliphatic carbocycles. The van der Waals surface area contributed by atoms with E-state index in [0.717, 1.165) is 13.2 Å². The van der Waals surface area contributed by atoms with Crippen molar-refractivity contribution >= 4 is 34.9 Å². The lowest BCUT2D eigenvalue weighted by atomic mass is 10.2. The van der Waals surface area contributed by atoms with Crippen LogP contribution >= 0.6 is 23.2 Å². The van der Waals surface area contributed by atoms with E-state index in [2.05, 4.69) is 4.98 Å². The minimum atomic E-state index is -4.70. The number of hydrogen-bond donors (Lipinski definition) is 0. The summed E-state index contributed by atoms with van der Waals surface area (Å²) >= 11 is 11.7. The van der Waals surface area contributed by atoms with Gasteiger partial charge in [0.15, 0.2) is 5.75 Å². The van der Waals surface area contributed by atoms with Crippen LogP contribution in [0.3, 0.4) is 0 Å². The Kier molecular flexibility index (Phi) is 6.75. The van der Waals surface area contributed by atoms with E-state index in [1.54, 1.807) is 0 Å². The maximum absolute atomic E-state index is 12.8. The van der Waals surface area contributed by atoms with E-state index in [9.17, 15) is 28.1 Å². The van der Waals surface area contributed by atoms with Crippen LogP contribution in [-0.4, -0.2) is 29.6 Å². The van der Waals surface area contributed by atoms with Crippen molar-refractivity contribution in [1.82, 2.24) is 4.98 Å². The molecule has 1 aromatic carbocycles. The molecule has 2 rings (SSSR count). The van der Waals surface area contributed by atoms with Gasteiger partial charge in [0.05, 0.1) is 40.3 Å². The van der Waals surface area contributed by atoms with E-state index in [0.29, 0.717) is 12.1 Å². The molecule has 13 heteroatoms. The third kappa shape index (κ3) is 4.98. The van der Waals surface area contributed by atoms with Gasteiger partial charge in [0.1, 0.15) is 0 Å². The second-order valence-corrected chi connectivity index (χ2v) is 6.02. The topological polar surface area (TPSA) is 101 Å². The summed E-state index contributed by atoms with van der Waals surface area (Å²) in [5.41, 5.74) is -2.62. The van der Waals surface area contributed by atoms with Gasteiger partial charge in [-0.05, 0) is 19.1 Å². The molecule has 0 spiro atoms. The van der Waals surface area contributed by atoms with E-state index in [4.69, 9.17) is 37.4 Å². The number of rotatable bonds is 6. The number of pyridine rings is 1. The SMILES string of the molecule is CCOC(=O)c1nc(Oc2c(Cl)cc(C(F)(F)F)cc2Cl)cc(OC)c1[N+](=O)[O-]. The molecular weight excluding hydrogens is 444 g/mol. The summed E-state index contributed by atoms with van der Waals surface area (Å²) in [4.78, 5) is 26.2. The molecule has 0 aliphatic heterocycles. The van der Waals surface area contributed by atoms with Crippen molar-refractivity contribution < 1.29 is 37.1 Å². The Bertz CT molecular complexity index is 945. The number of nitro groups is 1. The molecule has 0 atom stereocenters. The van der Waals surface area contributed by atoms with E-state index in [1.165, 1.54) is 6.92 Å². The van der Waals surface area contributed by atoms with Crippen LogP contribution in [0.25, 0.3) is 0 Å². The molecule has 8 nitrogen and oxygen atoms in total. The fraction of sp³-hybridized carbons (Fsp3) is 0.250. The van der Waals surface area contributed by atoms with Gasteiger partial charge in [-0.3, -0.25) is 10.1 Å². The number of carbonyl (C=O) groups excluding carboxylic acids is 1. The Morgan fingerprint density at radius 2 is 1.83 bits per heavy atom. The Morgan fingerprint density at radius 1 is 1.24 bits per heavy atom. The number of alkyl halides is 3. The highest BCUT2D eigenvalue weighted by Gasteiger charge is 2.33. The molecule has 0 amide bonds. The van der Waals surface area contributed by atoms with E-state index >= 15 is 0 Å². The number of aromatic nitrogens is 1. The van der Waals surface area contributed by atoms with Crippen molar-refractivity contribution in [2.45, 2.75) is 13.1 Å². The zero-order chi connectivity index (χ0) is 21.9. The second kappa shape index (κ2) is 8.70. The zero-order valence-electron chi connectivity index (χ0n) is 14.7. The van der Waals surface area contributed by atoms with Crippen LogP contribution in [0.1, 0.15) is 23.0 Å². The molecule has 0 aliphatic rings. The highest BCUT2D eigenvalue weighted by molar-refractivity contribution is 6.37. The molecule has 0 unspecified atom stereocenters. The van der Waals surface area contributed by atoms with Crippen LogP contribution in [0.2, 0.25) is 10.0 Å². The molecule has 1 heterocycles. The van der Waals surface area contributed by atoms with E-state index in [1.807, 2.05) is 0 Å². The fourth-order valence-corrected chi connectivity index (χ4v) is 2.71. The number of carbonyl (C=O) groups is 1. The molecule has 1 aromatic heterocycles. The highest BCUT2D eigenvalue weighted by atomic mass is 35.5. The third-order valence-corrected chi connectivity index (χ3v) is 3.90. The molecule has 156 valence electrons. The van der Waals surface area contributed by atoms with Gasteiger partial charge in [0, 0.05) is 0 Å². The largest absolute Gasteiger partial charge is 0.490 e. The minimum Gasteiger partial charge on any atom is -0.490 e. The Morgan fingerprint density at radius 3 is 2.28 bits per heavy atom. The first-order chi connectivity index (χ1) is 13.5. The number of halogens is 5. The first-order valence-electron chi connectivity index (χ1n) is 7.64. The Labute approximate surface area is 171 Å². The monoisotopic (exact) mass is 454 g/mol. The van der Waals surface area contributed by atoms with Gasteiger partial charge in [-0.2, -0.15) is 18.2 Å².